The van der Waals surface area contributed by atoms with Crippen LogP contribution < -0.4 is 0 Å². The molecule has 0 radical (unpaired) electrons. The molecule has 0 saturated carbocycles. The molecule has 2 aliphatic rings. The highest BCUT2D eigenvalue weighted by atomic mass is 15.0. The molecular formula is C52H32N4. The monoisotopic (exact) mass is 712 g/mol. The summed E-state index contributed by atoms with van der Waals surface area (Å²) in [7, 11) is 0. The SMILES string of the molecule is c1ccc(-c2nc(-c3ccccc3)nc(-c3cccc(-c4cccc5c4-c4ccccc4C54c5ccccc5-c5c4ccc4c5[nH]c5ccccc54)c3)n2)cc1. The Hall–Kier alpha value is -7.43. The van der Waals surface area contributed by atoms with Crippen molar-refractivity contribution in [3.63, 3.8) is 0 Å². The van der Waals surface area contributed by atoms with Crippen molar-refractivity contribution in [2.75, 3.05) is 0 Å². The Morgan fingerprint density at radius 2 is 0.839 bits per heavy atom. The first-order valence-corrected chi connectivity index (χ1v) is 19.1. The third-order valence-electron chi connectivity index (χ3n) is 11.9. The van der Waals surface area contributed by atoms with Crippen LogP contribution in [0.1, 0.15) is 22.3 Å². The molecule has 1 N–H and O–H groups in total. The van der Waals surface area contributed by atoms with Gasteiger partial charge in [-0.15, -0.1) is 0 Å². The highest BCUT2D eigenvalue weighted by Gasteiger charge is 2.52. The minimum Gasteiger partial charge on any atom is -0.354 e. The number of nitrogens with zero attached hydrogens (tertiary/aromatic N) is 3. The first kappa shape index (κ1) is 31.0. The van der Waals surface area contributed by atoms with Crippen molar-refractivity contribution in [2.24, 2.45) is 0 Å². The number of aromatic nitrogens is 4. The molecule has 0 bridgehead atoms. The average Bonchev–Trinajstić information content (AvgIpc) is 3.91. The number of para-hydroxylation sites is 1. The minimum atomic E-state index is -0.472. The quantitative estimate of drug-likeness (QED) is 0.198. The van der Waals surface area contributed by atoms with Gasteiger partial charge < -0.3 is 4.98 Å². The number of benzene rings is 8. The second-order valence-electron chi connectivity index (χ2n) is 14.8. The molecule has 2 aliphatic carbocycles. The van der Waals surface area contributed by atoms with Crippen LogP contribution in [-0.4, -0.2) is 19.9 Å². The zero-order chi connectivity index (χ0) is 36.8. The van der Waals surface area contributed by atoms with Crippen LogP contribution in [-0.2, 0) is 5.41 Å². The van der Waals surface area contributed by atoms with Gasteiger partial charge in [0.15, 0.2) is 17.5 Å². The number of rotatable bonds is 4. The standard InChI is InChI=1S/C52H32N4/c1-3-15-32(16-4-1)49-54-50(33-17-5-2-6-18-33)56-51(55-49)35-20-13-19-34(31-35)36-24-14-27-43-46(36)39-22-7-10-25-41(39)52(43)42-26-11-8-23-40(42)47-44(52)30-29-38-37-21-9-12-28-45(37)53-48(38)47/h1-31,53H. The van der Waals surface area contributed by atoms with Crippen LogP contribution in [0, 0.1) is 0 Å². The van der Waals surface area contributed by atoms with Crippen LogP contribution in [0.25, 0.3) is 89.4 Å². The van der Waals surface area contributed by atoms with Gasteiger partial charge in [-0.3, -0.25) is 0 Å². The van der Waals surface area contributed by atoms with E-state index in [1.165, 1.54) is 66.4 Å². The van der Waals surface area contributed by atoms with E-state index in [0.29, 0.717) is 17.5 Å². The number of H-pyrrole nitrogens is 1. The summed E-state index contributed by atoms with van der Waals surface area (Å²) in [5, 5.41) is 2.51. The lowest BCUT2D eigenvalue weighted by atomic mass is 9.70. The van der Waals surface area contributed by atoms with Gasteiger partial charge in [0.1, 0.15) is 0 Å². The van der Waals surface area contributed by atoms with E-state index in [-0.39, 0.29) is 0 Å². The summed E-state index contributed by atoms with van der Waals surface area (Å²) in [6.45, 7) is 0. The Bertz CT molecular complexity index is 3140. The molecule has 4 heteroatoms. The Balaban J connectivity index is 1.08. The van der Waals surface area contributed by atoms with E-state index in [1.807, 2.05) is 60.7 Å². The minimum absolute atomic E-state index is 0.472. The second kappa shape index (κ2) is 11.8. The third-order valence-corrected chi connectivity index (χ3v) is 11.9. The van der Waals surface area contributed by atoms with E-state index >= 15 is 0 Å². The van der Waals surface area contributed by atoms with Gasteiger partial charge >= 0.3 is 0 Å². The molecule has 0 amide bonds. The molecule has 1 spiro atoms. The first-order valence-electron chi connectivity index (χ1n) is 19.1. The smallest absolute Gasteiger partial charge is 0.164 e. The Morgan fingerprint density at radius 3 is 1.55 bits per heavy atom. The van der Waals surface area contributed by atoms with Gasteiger partial charge in [-0.25, -0.2) is 15.0 Å². The van der Waals surface area contributed by atoms with E-state index < -0.39 is 5.41 Å². The van der Waals surface area contributed by atoms with Gasteiger partial charge in [0, 0.05) is 38.5 Å². The molecule has 12 rings (SSSR count). The lowest BCUT2D eigenvalue weighted by Crippen LogP contribution is -2.25. The molecule has 4 nitrogen and oxygen atoms in total. The van der Waals surface area contributed by atoms with Crippen LogP contribution in [0.4, 0.5) is 0 Å². The fourth-order valence-electron chi connectivity index (χ4n) is 9.60. The number of hydrogen-bond donors (Lipinski definition) is 1. The summed E-state index contributed by atoms with van der Waals surface area (Å²) in [6.07, 6.45) is 0. The van der Waals surface area contributed by atoms with Gasteiger partial charge in [0.05, 0.1) is 10.9 Å². The predicted octanol–water partition coefficient (Wildman–Crippen LogP) is 12.5. The lowest BCUT2D eigenvalue weighted by Gasteiger charge is -2.30. The van der Waals surface area contributed by atoms with Crippen LogP contribution >= 0.6 is 0 Å². The molecule has 0 saturated heterocycles. The maximum atomic E-state index is 5.07. The van der Waals surface area contributed by atoms with Gasteiger partial charge in [-0.05, 0) is 62.2 Å². The molecule has 0 fully saturated rings. The van der Waals surface area contributed by atoms with Crippen molar-refractivity contribution in [1.29, 1.82) is 0 Å². The number of aromatic amines is 1. The van der Waals surface area contributed by atoms with Crippen molar-refractivity contribution in [2.45, 2.75) is 5.41 Å². The molecular weight excluding hydrogens is 681 g/mol. The van der Waals surface area contributed by atoms with E-state index in [0.717, 1.165) is 27.8 Å². The molecule has 10 aromatic rings. The highest BCUT2D eigenvalue weighted by molar-refractivity contribution is 6.15. The van der Waals surface area contributed by atoms with Gasteiger partial charge in [0.25, 0.3) is 0 Å². The zero-order valence-corrected chi connectivity index (χ0v) is 30.2. The molecule has 8 aromatic carbocycles. The average molecular weight is 713 g/mol. The lowest BCUT2D eigenvalue weighted by molar-refractivity contribution is 0.794. The van der Waals surface area contributed by atoms with Crippen molar-refractivity contribution in [3.8, 4) is 67.5 Å². The van der Waals surface area contributed by atoms with E-state index in [9.17, 15) is 0 Å². The largest absolute Gasteiger partial charge is 0.354 e. The molecule has 0 aliphatic heterocycles. The normalized spacial score (nSPS) is 14.9. The Kier molecular flexibility index (Phi) is 6.52. The van der Waals surface area contributed by atoms with E-state index in [2.05, 4.69) is 132 Å². The second-order valence-corrected chi connectivity index (χ2v) is 14.8. The summed E-state index contributed by atoms with van der Waals surface area (Å²) < 4.78 is 0. The molecule has 2 heterocycles. The van der Waals surface area contributed by atoms with Crippen LogP contribution in [0.5, 0.6) is 0 Å². The topological polar surface area (TPSA) is 54.5 Å². The molecule has 1 unspecified atom stereocenters. The fourth-order valence-corrected chi connectivity index (χ4v) is 9.60. The highest BCUT2D eigenvalue weighted by Crippen LogP contribution is 2.65. The van der Waals surface area contributed by atoms with Gasteiger partial charge in [-0.2, -0.15) is 0 Å². The Morgan fingerprint density at radius 1 is 0.339 bits per heavy atom. The van der Waals surface area contributed by atoms with Crippen LogP contribution in [0.3, 0.4) is 0 Å². The first-order chi connectivity index (χ1) is 27.8. The molecule has 1 atom stereocenters. The summed E-state index contributed by atoms with van der Waals surface area (Å²) in [5.74, 6) is 1.95. The van der Waals surface area contributed by atoms with Crippen molar-refractivity contribution in [1.82, 2.24) is 19.9 Å². The summed E-state index contributed by atoms with van der Waals surface area (Å²) in [6, 6.07) is 67.3. The van der Waals surface area contributed by atoms with Crippen molar-refractivity contribution in [3.05, 3.63) is 210 Å². The van der Waals surface area contributed by atoms with E-state index in [1.54, 1.807) is 0 Å². The van der Waals surface area contributed by atoms with Crippen molar-refractivity contribution >= 4 is 21.8 Å². The molecule has 56 heavy (non-hydrogen) atoms. The summed E-state index contributed by atoms with van der Waals surface area (Å²) in [4.78, 5) is 18.9. The number of hydrogen-bond acceptors (Lipinski definition) is 3. The fraction of sp³-hybridized carbons (Fsp3) is 0.0192. The van der Waals surface area contributed by atoms with Crippen molar-refractivity contribution < 1.29 is 0 Å². The van der Waals surface area contributed by atoms with Crippen LogP contribution in [0.15, 0.2) is 188 Å². The number of nitrogens with one attached hydrogen (secondary N) is 1. The third kappa shape index (κ3) is 4.27. The molecule has 260 valence electrons. The maximum Gasteiger partial charge on any atom is 0.164 e. The zero-order valence-electron chi connectivity index (χ0n) is 30.2. The van der Waals surface area contributed by atoms with Crippen LogP contribution in [0.2, 0.25) is 0 Å². The Labute approximate surface area is 323 Å². The summed E-state index contributed by atoms with van der Waals surface area (Å²) >= 11 is 0. The summed E-state index contributed by atoms with van der Waals surface area (Å²) in [5.41, 5.74) is 17.4. The predicted molar refractivity (Wildman–Crippen MR) is 227 cm³/mol. The van der Waals surface area contributed by atoms with Gasteiger partial charge in [0.2, 0.25) is 0 Å². The molecule has 2 aromatic heterocycles. The maximum absolute atomic E-state index is 5.07. The van der Waals surface area contributed by atoms with Gasteiger partial charge in [-0.1, -0.05) is 176 Å². The number of fused-ring (bicyclic) bond motifs is 14. The van der Waals surface area contributed by atoms with E-state index in [4.69, 9.17) is 15.0 Å².